The molecule has 0 bridgehead atoms. The first-order valence-corrected chi connectivity index (χ1v) is 13.5. The SMILES string of the molecule is COc1ccc(C2=C(C#N)C(=O)N(C3CCS(=O)(=O)C3)C(=O)/C2=C\c2ccc(-c3ccc(F)cc3)o2)cc1. The van der Waals surface area contributed by atoms with Crippen LogP contribution in [0.3, 0.4) is 0 Å². The van der Waals surface area contributed by atoms with Crippen LogP contribution in [0.5, 0.6) is 5.75 Å². The minimum Gasteiger partial charge on any atom is -0.497 e. The molecule has 1 saturated heterocycles. The molecule has 1 fully saturated rings. The fourth-order valence-electron chi connectivity index (χ4n) is 4.64. The largest absolute Gasteiger partial charge is 0.497 e. The van der Waals surface area contributed by atoms with Crippen LogP contribution in [-0.2, 0) is 19.4 Å². The monoisotopic (exact) mass is 532 g/mol. The molecule has 1 atom stereocenters. The van der Waals surface area contributed by atoms with Crippen molar-refractivity contribution in [2.24, 2.45) is 0 Å². The molecule has 2 amide bonds. The van der Waals surface area contributed by atoms with Crippen LogP contribution in [0.15, 0.2) is 76.2 Å². The minimum absolute atomic E-state index is 0.00983. The van der Waals surface area contributed by atoms with Gasteiger partial charge in [-0.1, -0.05) is 12.1 Å². The van der Waals surface area contributed by atoms with E-state index in [-0.39, 0.29) is 40.4 Å². The summed E-state index contributed by atoms with van der Waals surface area (Å²) in [5.41, 5.74) is 0.884. The van der Waals surface area contributed by atoms with Crippen LogP contribution < -0.4 is 4.74 Å². The van der Waals surface area contributed by atoms with E-state index < -0.39 is 33.5 Å². The summed E-state index contributed by atoms with van der Waals surface area (Å²) in [6.07, 6.45) is 1.52. The summed E-state index contributed by atoms with van der Waals surface area (Å²) in [6, 6.07) is 16.5. The summed E-state index contributed by atoms with van der Waals surface area (Å²) >= 11 is 0. The highest BCUT2D eigenvalue weighted by Crippen LogP contribution is 2.38. The number of hydrogen-bond acceptors (Lipinski definition) is 7. The van der Waals surface area contributed by atoms with Gasteiger partial charge in [-0.15, -0.1) is 0 Å². The van der Waals surface area contributed by atoms with Crippen LogP contribution >= 0.6 is 0 Å². The van der Waals surface area contributed by atoms with Crippen LogP contribution in [-0.4, -0.2) is 49.8 Å². The maximum Gasteiger partial charge on any atom is 0.272 e. The Bertz CT molecular complexity index is 1640. The van der Waals surface area contributed by atoms with Crippen molar-refractivity contribution in [2.75, 3.05) is 18.6 Å². The van der Waals surface area contributed by atoms with Crippen LogP contribution in [0.4, 0.5) is 4.39 Å². The highest BCUT2D eigenvalue weighted by molar-refractivity contribution is 7.91. The molecular formula is C28H21FN2O6S. The fourth-order valence-corrected chi connectivity index (χ4v) is 6.34. The average molecular weight is 533 g/mol. The standard InChI is InChI=1S/C28H21FN2O6S/c1-36-21-8-4-18(5-9-21)26-23(14-22-10-11-25(37-22)17-2-6-19(29)7-3-17)27(32)31(28(33)24(26)15-30)20-12-13-38(34,35)16-20/h2-11,14,20H,12-13,16H2,1H3/b23-14-. The third-order valence-corrected chi connectivity index (χ3v) is 8.26. The highest BCUT2D eigenvalue weighted by Gasteiger charge is 2.45. The van der Waals surface area contributed by atoms with E-state index >= 15 is 0 Å². The lowest BCUT2D eigenvalue weighted by atomic mass is 9.87. The van der Waals surface area contributed by atoms with Gasteiger partial charge >= 0.3 is 0 Å². The van der Waals surface area contributed by atoms with Crippen LogP contribution in [0.2, 0.25) is 0 Å². The Kier molecular flexibility index (Phi) is 6.46. The van der Waals surface area contributed by atoms with Crippen molar-refractivity contribution in [3.63, 3.8) is 0 Å². The number of carbonyl (C=O) groups is 2. The molecule has 10 heteroatoms. The van der Waals surface area contributed by atoms with E-state index in [0.29, 0.717) is 22.6 Å². The summed E-state index contributed by atoms with van der Waals surface area (Å²) in [5, 5.41) is 10.0. The first-order chi connectivity index (χ1) is 18.2. The Balaban J connectivity index is 1.65. The second-order valence-electron chi connectivity index (χ2n) is 8.89. The van der Waals surface area contributed by atoms with Crippen molar-refractivity contribution in [1.29, 1.82) is 5.26 Å². The number of furan rings is 1. The molecule has 2 aliphatic heterocycles. The number of rotatable bonds is 5. The predicted octanol–water partition coefficient (Wildman–Crippen LogP) is 4.01. The van der Waals surface area contributed by atoms with Crippen molar-refractivity contribution in [3.05, 3.63) is 89.0 Å². The lowest BCUT2D eigenvalue weighted by Gasteiger charge is -2.32. The molecule has 1 aromatic heterocycles. The van der Waals surface area contributed by atoms with Crippen LogP contribution in [0.1, 0.15) is 17.7 Å². The minimum atomic E-state index is -3.42. The summed E-state index contributed by atoms with van der Waals surface area (Å²) in [7, 11) is -1.92. The van der Waals surface area contributed by atoms with Gasteiger partial charge in [0.2, 0.25) is 0 Å². The Hall–Kier alpha value is -4.49. The van der Waals surface area contributed by atoms with Crippen LogP contribution in [0, 0.1) is 17.1 Å². The number of carbonyl (C=O) groups excluding carboxylic acids is 2. The maximum atomic E-state index is 13.8. The predicted molar refractivity (Wildman–Crippen MR) is 137 cm³/mol. The molecule has 38 heavy (non-hydrogen) atoms. The van der Waals surface area contributed by atoms with E-state index in [4.69, 9.17) is 9.15 Å². The second-order valence-corrected chi connectivity index (χ2v) is 11.1. The van der Waals surface area contributed by atoms with Crippen molar-refractivity contribution < 1.29 is 31.6 Å². The number of methoxy groups -OCH3 is 1. The summed E-state index contributed by atoms with van der Waals surface area (Å²) in [4.78, 5) is 28.1. The molecule has 8 nitrogen and oxygen atoms in total. The molecule has 192 valence electrons. The zero-order valence-corrected chi connectivity index (χ0v) is 21.0. The van der Waals surface area contributed by atoms with Crippen molar-refractivity contribution in [3.8, 4) is 23.1 Å². The molecule has 5 rings (SSSR count). The normalized spacial score (nSPS) is 20.2. The Labute approximate surface area is 218 Å². The van der Waals surface area contributed by atoms with E-state index in [9.17, 15) is 27.7 Å². The van der Waals surface area contributed by atoms with Gasteiger partial charge in [-0.3, -0.25) is 14.5 Å². The van der Waals surface area contributed by atoms with Gasteiger partial charge < -0.3 is 9.15 Å². The average Bonchev–Trinajstić information content (AvgIpc) is 3.52. The summed E-state index contributed by atoms with van der Waals surface area (Å²) in [5.74, 6) is -1.24. The number of amides is 2. The van der Waals surface area contributed by atoms with E-state index in [1.54, 1.807) is 48.5 Å². The summed E-state index contributed by atoms with van der Waals surface area (Å²) < 4.78 is 48.7. The third-order valence-electron chi connectivity index (χ3n) is 6.51. The van der Waals surface area contributed by atoms with E-state index in [1.807, 2.05) is 6.07 Å². The zero-order valence-electron chi connectivity index (χ0n) is 20.2. The molecular weight excluding hydrogens is 511 g/mol. The van der Waals surface area contributed by atoms with Gasteiger partial charge in [0.1, 0.15) is 34.7 Å². The molecule has 3 aromatic rings. The number of nitriles is 1. The molecule has 3 heterocycles. The number of halogens is 1. The number of imide groups is 1. The maximum absolute atomic E-state index is 13.8. The molecule has 0 spiro atoms. The Morgan fingerprint density at radius 2 is 1.71 bits per heavy atom. The molecule has 0 radical (unpaired) electrons. The Morgan fingerprint density at radius 1 is 1.03 bits per heavy atom. The van der Waals surface area contributed by atoms with Gasteiger partial charge in [0.15, 0.2) is 9.84 Å². The van der Waals surface area contributed by atoms with Gasteiger partial charge in [0, 0.05) is 11.1 Å². The lowest BCUT2D eigenvalue weighted by Crippen LogP contribution is -2.49. The van der Waals surface area contributed by atoms with Crippen molar-refractivity contribution in [1.82, 2.24) is 4.90 Å². The number of sulfone groups is 1. The van der Waals surface area contributed by atoms with Gasteiger partial charge in [-0.2, -0.15) is 5.26 Å². The van der Waals surface area contributed by atoms with E-state index in [2.05, 4.69) is 0 Å². The number of nitrogens with zero attached hydrogens (tertiary/aromatic N) is 2. The topological polar surface area (TPSA) is 118 Å². The quantitative estimate of drug-likeness (QED) is 0.360. The first kappa shape index (κ1) is 25.2. The second kappa shape index (κ2) is 9.76. The fraction of sp³-hybridized carbons (Fsp3) is 0.179. The van der Waals surface area contributed by atoms with Crippen molar-refractivity contribution in [2.45, 2.75) is 12.5 Å². The smallest absolute Gasteiger partial charge is 0.272 e. The highest BCUT2D eigenvalue weighted by atomic mass is 32.2. The van der Waals surface area contributed by atoms with Gasteiger partial charge in [0.05, 0.1) is 30.2 Å². The van der Waals surface area contributed by atoms with Gasteiger partial charge in [-0.25, -0.2) is 12.8 Å². The van der Waals surface area contributed by atoms with Gasteiger partial charge in [-0.05, 0) is 66.6 Å². The number of hydrogen-bond donors (Lipinski definition) is 0. The molecule has 2 aliphatic rings. The first-order valence-electron chi connectivity index (χ1n) is 11.7. The molecule has 0 N–H and O–H groups in total. The van der Waals surface area contributed by atoms with Gasteiger partial charge in [0.25, 0.3) is 11.8 Å². The summed E-state index contributed by atoms with van der Waals surface area (Å²) in [6.45, 7) is 0. The molecule has 0 aliphatic carbocycles. The van der Waals surface area contributed by atoms with E-state index in [1.165, 1.54) is 25.3 Å². The molecule has 1 unspecified atom stereocenters. The lowest BCUT2D eigenvalue weighted by molar-refractivity contribution is -0.142. The molecule has 0 saturated carbocycles. The number of ether oxygens (including phenoxy) is 1. The van der Waals surface area contributed by atoms with E-state index in [0.717, 1.165) is 4.90 Å². The third kappa shape index (κ3) is 4.64. The molecule has 2 aromatic carbocycles. The zero-order chi connectivity index (χ0) is 27.0. The van der Waals surface area contributed by atoms with Crippen LogP contribution in [0.25, 0.3) is 23.0 Å². The van der Waals surface area contributed by atoms with Crippen molar-refractivity contribution >= 4 is 33.3 Å². The number of benzene rings is 2. The Morgan fingerprint density at radius 3 is 2.32 bits per heavy atom.